The molecule has 0 aliphatic carbocycles. The molecular formula is C15H21NO3. The van der Waals surface area contributed by atoms with Gasteiger partial charge >= 0.3 is 0 Å². The lowest BCUT2D eigenvalue weighted by Crippen LogP contribution is -2.37. The van der Waals surface area contributed by atoms with Gasteiger partial charge in [-0.05, 0) is 37.1 Å². The van der Waals surface area contributed by atoms with E-state index in [2.05, 4.69) is 6.58 Å². The van der Waals surface area contributed by atoms with Crippen molar-refractivity contribution in [2.45, 2.75) is 13.8 Å². The van der Waals surface area contributed by atoms with E-state index in [1.54, 1.807) is 6.08 Å². The molecule has 19 heavy (non-hydrogen) atoms. The van der Waals surface area contributed by atoms with Crippen molar-refractivity contribution < 1.29 is 14.6 Å². The summed E-state index contributed by atoms with van der Waals surface area (Å²) in [4.78, 5) is 13.4. The lowest BCUT2D eigenvalue weighted by molar-refractivity contribution is -0.133. The Labute approximate surface area is 114 Å². The third-order valence-corrected chi connectivity index (χ3v) is 2.91. The summed E-state index contributed by atoms with van der Waals surface area (Å²) in [5.41, 5.74) is 2.32. The zero-order valence-electron chi connectivity index (χ0n) is 11.6. The molecule has 0 bridgehead atoms. The van der Waals surface area contributed by atoms with Gasteiger partial charge in [-0.15, -0.1) is 6.58 Å². The second kappa shape index (κ2) is 7.59. The number of aliphatic hydroxyl groups is 1. The number of hydrogen-bond acceptors (Lipinski definition) is 3. The third-order valence-electron chi connectivity index (χ3n) is 2.91. The lowest BCUT2D eigenvalue weighted by Gasteiger charge is -2.20. The van der Waals surface area contributed by atoms with Gasteiger partial charge < -0.3 is 14.7 Å². The van der Waals surface area contributed by atoms with Crippen LogP contribution < -0.4 is 4.74 Å². The molecule has 0 fully saturated rings. The van der Waals surface area contributed by atoms with E-state index in [4.69, 9.17) is 9.84 Å². The molecule has 0 unspecified atom stereocenters. The molecule has 4 nitrogen and oxygen atoms in total. The SMILES string of the molecule is C=CCN(CCO)C(=O)COc1ccc(C)c(C)c1. The van der Waals surface area contributed by atoms with E-state index in [1.807, 2.05) is 32.0 Å². The van der Waals surface area contributed by atoms with Gasteiger partial charge in [-0.1, -0.05) is 12.1 Å². The van der Waals surface area contributed by atoms with Crippen LogP contribution in [0.2, 0.25) is 0 Å². The second-order valence-electron chi connectivity index (χ2n) is 4.39. The molecule has 0 spiro atoms. The molecule has 0 aromatic heterocycles. The quantitative estimate of drug-likeness (QED) is 0.762. The van der Waals surface area contributed by atoms with E-state index in [1.165, 1.54) is 10.5 Å². The van der Waals surface area contributed by atoms with E-state index in [0.29, 0.717) is 18.8 Å². The normalized spacial score (nSPS) is 10.1. The number of nitrogens with zero attached hydrogens (tertiary/aromatic N) is 1. The van der Waals surface area contributed by atoms with E-state index in [9.17, 15) is 4.79 Å². The summed E-state index contributed by atoms with van der Waals surface area (Å²) >= 11 is 0. The smallest absolute Gasteiger partial charge is 0.260 e. The summed E-state index contributed by atoms with van der Waals surface area (Å²) in [5.74, 6) is 0.520. The van der Waals surface area contributed by atoms with Crippen LogP contribution in [0.1, 0.15) is 11.1 Å². The number of benzene rings is 1. The molecule has 0 aliphatic heterocycles. The van der Waals surface area contributed by atoms with Gasteiger partial charge in [0.2, 0.25) is 0 Å². The molecule has 1 rings (SSSR count). The third kappa shape index (κ3) is 4.75. The van der Waals surface area contributed by atoms with Gasteiger partial charge in [0.1, 0.15) is 5.75 Å². The van der Waals surface area contributed by atoms with Crippen molar-refractivity contribution in [2.75, 3.05) is 26.3 Å². The summed E-state index contributed by atoms with van der Waals surface area (Å²) in [5, 5.41) is 8.90. The molecule has 4 heteroatoms. The number of aryl methyl sites for hydroxylation is 2. The number of aliphatic hydroxyl groups excluding tert-OH is 1. The van der Waals surface area contributed by atoms with Crippen LogP contribution in [0, 0.1) is 13.8 Å². The Hall–Kier alpha value is -1.81. The van der Waals surface area contributed by atoms with Crippen molar-refractivity contribution in [3.05, 3.63) is 42.0 Å². The second-order valence-corrected chi connectivity index (χ2v) is 4.39. The van der Waals surface area contributed by atoms with E-state index in [0.717, 1.165) is 5.56 Å². The summed E-state index contributed by atoms with van der Waals surface area (Å²) < 4.78 is 5.47. The Morgan fingerprint density at radius 2 is 2.16 bits per heavy atom. The number of rotatable bonds is 7. The first-order chi connectivity index (χ1) is 9.08. The monoisotopic (exact) mass is 263 g/mol. The van der Waals surface area contributed by atoms with E-state index in [-0.39, 0.29) is 19.1 Å². The molecule has 0 saturated heterocycles. The first-order valence-corrected chi connectivity index (χ1v) is 6.28. The molecule has 1 N–H and O–H groups in total. The van der Waals surface area contributed by atoms with Gasteiger partial charge in [0.15, 0.2) is 6.61 Å². The van der Waals surface area contributed by atoms with Crippen LogP contribution in [0.3, 0.4) is 0 Å². The molecule has 1 aromatic carbocycles. The summed E-state index contributed by atoms with van der Waals surface area (Å²) in [6.45, 7) is 8.22. The molecule has 1 amide bonds. The predicted octanol–water partition coefficient (Wildman–Crippen LogP) is 1.69. The standard InChI is InChI=1S/C15H21NO3/c1-4-7-16(8-9-17)15(18)11-19-14-6-5-12(2)13(3)10-14/h4-6,10,17H,1,7-9,11H2,2-3H3. The average Bonchev–Trinajstić information content (AvgIpc) is 2.39. The fourth-order valence-electron chi connectivity index (χ4n) is 1.63. The van der Waals surface area contributed by atoms with Crippen molar-refractivity contribution in [2.24, 2.45) is 0 Å². The highest BCUT2D eigenvalue weighted by Crippen LogP contribution is 2.16. The Morgan fingerprint density at radius 1 is 1.42 bits per heavy atom. The summed E-state index contributed by atoms with van der Waals surface area (Å²) in [7, 11) is 0. The van der Waals surface area contributed by atoms with Crippen LogP contribution in [0.15, 0.2) is 30.9 Å². The highest BCUT2D eigenvalue weighted by atomic mass is 16.5. The van der Waals surface area contributed by atoms with Crippen molar-refractivity contribution in [3.63, 3.8) is 0 Å². The maximum atomic E-state index is 11.9. The van der Waals surface area contributed by atoms with Gasteiger partial charge in [-0.25, -0.2) is 0 Å². The number of ether oxygens (including phenoxy) is 1. The average molecular weight is 263 g/mol. The molecule has 0 atom stereocenters. The first kappa shape index (κ1) is 15.2. The Kier molecular flexibility index (Phi) is 6.09. The number of carbonyl (C=O) groups excluding carboxylic acids is 1. The van der Waals surface area contributed by atoms with E-state index < -0.39 is 0 Å². The minimum atomic E-state index is -0.160. The van der Waals surface area contributed by atoms with Crippen LogP contribution in [-0.4, -0.2) is 42.2 Å². The number of amides is 1. The van der Waals surface area contributed by atoms with Crippen LogP contribution in [-0.2, 0) is 4.79 Å². The zero-order chi connectivity index (χ0) is 14.3. The van der Waals surface area contributed by atoms with E-state index >= 15 is 0 Å². The predicted molar refractivity (Wildman–Crippen MR) is 75.3 cm³/mol. The van der Waals surface area contributed by atoms with Crippen LogP contribution in [0.25, 0.3) is 0 Å². The topological polar surface area (TPSA) is 49.8 Å². The van der Waals surface area contributed by atoms with Gasteiger partial charge in [-0.3, -0.25) is 4.79 Å². The van der Waals surface area contributed by atoms with Gasteiger partial charge in [-0.2, -0.15) is 0 Å². The summed E-state index contributed by atoms with van der Waals surface area (Å²) in [6, 6.07) is 5.72. The molecule has 1 aromatic rings. The molecule has 0 saturated carbocycles. The maximum absolute atomic E-state index is 11.9. The van der Waals surface area contributed by atoms with Gasteiger partial charge in [0, 0.05) is 13.1 Å². The highest BCUT2D eigenvalue weighted by molar-refractivity contribution is 5.78. The van der Waals surface area contributed by atoms with Crippen molar-refractivity contribution in [1.29, 1.82) is 0 Å². The van der Waals surface area contributed by atoms with Crippen LogP contribution in [0.5, 0.6) is 5.75 Å². The van der Waals surface area contributed by atoms with Crippen molar-refractivity contribution in [1.82, 2.24) is 4.90 Å². The lowest BCUT2D eigenvalue weighted by atomic mass is 10.1. The fraction of sp³-hybridized carbons (Fsp3) is 0.400. The molecule has 0 aliphatic rings. The van der Waals surface area contributed by atoms with Crippen LogP contribution >= 0.6 is 0 Å². The maximum Gasteiger partial charge on any atom is 0.260 e. The summed E-state index contributed by atoms with van der Waals surface area (Å²) in [6.07, 6.45) is 1.63. The Balaban J connectivity index is 2.56. The zero-order valence-corrected chi connectivity index (χ0v) is 11.6. The molecule has 104 valence electrons. The number of hydrogen-bond donors (Lipinski definition) is 1. The first-order valence-electron chi connectivity index (χ1n) is 6.28. The number of carbonyl (C=O) groups is 1. The minimum Gasteiger partial charge on any atom is -0.484 e. The molecule has 0 radical (unpaired) electrons. The van der Waals surface area contributed by atoms with Gasteiger partial charge in [0.25, 0.3) is 5.91 Å². The molecule has 0 heterocycles. The van der Waals surface area contributed by atoms with Crippen LogP contribution in [0.4, 0.5) is 0 Å². The highest BCUT2D eigenvalue weighted by Gasteiger charge is 2.12. The largest absolute Gasteiger partial charge is 0.484 e. The van der Waals surface area contributed by atoms with Crippen molar-refractivity contribution >= 4 is 5.91 Å². The minimum absolute atomic E-state index is 0.0314. The molecular weight excluding hydrogens is 242 g/mol. The van der Waals surface area contributed by atoms with Gasteiger partial charge in [0.05, 0.1) is 6.61 Å². The fourth-order valence-corrected chi connectivity index (χ4v) is 1.63. The van der Waals surface area contributed by atoms with Crippen molar-refractivity contribution in [3.8, 4) is 5.75 Å². The Morgan fingerprint density at radius 3 is 2.74 bits per heavy atom. The Bertz CT molecular complexity index is 443.